The van der Waals surface area contributed by atoms with Crippen molar-refractivity contribution in [3.8, 4) is 5.75 Å². The molecule has 2 aromatic heterocycles. The molecule has 0 aliphatic rings. The van der Waals surface area contributed by atoms with Crippen molar-refractivity contribution in [2.45, 2.75) is 39.3 Å². The van der Waals surface area contributed by atoms with Gasteiger partial charge in [0.2, 0.25) is 0 Å². The predicted octanol–water partition coefficient (Wildman–Crippen LogP) is 3.98. The van der Waals surface area contributed by atoms with Crippen molar-refractivity contribution in [2.75, 3.05) is 6.61 Å². The topological polar surface area (TPSA) is 64.3 Å². The van der Waals surface area contributed by atoms with Crippen LogP contribution < -0.4 is 10.3 Å². The summed E-state index contributed by atoms with van der Waals surface area (Å²) in [7, 11) is 0. The van der Waals surface area contributed by atoms with Gasteiger partial charge in [-0.15, -0.1) is 11.3 Å². The zero-order valence-corrected chi connectivity index (χ0v) is 16.5. The van der Waals surface area contributed by atoms with Gasteiger partial charge in [-0.2, -0.15) is 0 Å². The molecule has 5 nitrogen and oxygen atoms in total. The fourth-order valence-electron chi connectivity index (χ4n) is 2.72. The highest BCUT2D eigenvalue weighted by Gasteiger charge is 2.14. The molecule has 0 bridgehead atoms. The van der Waals surface area contributed by atoms with Gasteiger partial charge in [-0.3, -0.25) is 9.36 Å². The van der Waals surface area contributed by atoms with E-state index in [0.717, 1.165) is 11.1 Å². The quantitative estimate of drug-likeness (QED) is 0.689. The molecular weight excluding hydrogens is 372 g/mol. The number of halogens is 1. The van der Waals surface area contributed by atoms with Gasteiger partial charge < -0.3 is 9.84 Å². The first-order valence-electron chi connectivity index (χ1n) is 8.40. The number of aryl methyl sites for hydroxylation is 1. The monoisotopic (exact) mass is 392 g/mol. The molecule has 0 aliphatic carbocycles. The molecule has 3 aromatic rings. The number of aromatic nitrogens is 2. The number of fused-ring (bicyclic) bond motifs is 1. The molecule has 0 saturated heterocycles. The Morgan fingerprint density at radius 3 is 2.88 bits per heavy atom. The van der Waals surface area contributed by atoms with Gasteiger partial charge in [-0.05, 0) is 47.5 Å². The molecule has 0 saturated carbocycles. The highest BCUT2D eigenvalue weighted by molar-refractivity contribution is 7.17. The van der Waals surface area contributed by atoms with E-state index in [9.17, 15) is 9.90 Å². The Kier molecular flexibility index (Phi) is 5.65. The lowest BCUT2D eigenvalue weighted by molar-refractivity contribution is 0.0908. The number of thiophene rings is 1. The fourth-order valence-corrected chi connectivity index (χ4v) is 3.69. The Morgan fingerprint density at radius 1 is 1.38 bits per heavy atom. The van der Waals surface area contributed by atoms with Crippen LogP contribution in [0.25, 0.3) is 10.2 Å². The highest BCUT2D eigenvalue weighted by Crippen LogP contribution is 2.32. The lowest BCUT2D eigenvalue weighted by atomic mass is 10.0. The maximum atomic E-state index is 12.4. The Hall–Kier alpha value is -1.89. The molecule has 0 fully saturated rings. The van der Waals surface area contributed by atoms with Crippen molar-refractivity contribution in [2.24, 2.45) is 0 Å². The average molecular weight is 393 g/mol. The van der Waals surface area contributed by atoms with E-state index in [-0.39, 0.29) is 24.6 Å². The third-order valence-corrected chi connectivity index (χ3v) is 5.49. The normalized spacial score (nSPS) is 12.7. The number of hydrogen-bond acceptors (Lipinski definition) is 5. The molecule has 0 spiro atoms. The first-order valence-corrected chi connectivity index (χ1v) is 9.66. The molecule has 1 aromatic carbocycles. The largest absolute Gasteiger partial charge is 0.491 e. The van der Waals surface area contributed by atoms with Crippen LogP contribution in [0, 0.1) is 6.92 Å². The summed E-state index contributed by atoms with van der Waals surface area (Å²) in [4.78, 5) is 16.6. The summed E-state index contributed by atoms with van der Waals surface area (Å²) in [6.07, 6.45) is 0.634. The second-order valence-electron chi connectivity index (χ2n) is 6.60. The van der Waals surface area contributed by atoms with Gasteiger partial charge in [-0.1, -0.05) is 25.4 Å². The van der Waals surface area contributed by atoms with E-state index in [1.807, 2.05) is 30.5 Å². The van der Waals surface area contributed by atoms with Gasteiger partial charge in [-0.25, -0.2) is 4.98 Å². The first kappa shape index (κ1) is 18.9. The first-order chi connectivity index (χ1) is 12.4. The summed E-state index contributed by atoms with van der Waals surface area (Å²) in [5.74, 6) is 0.952. The molecule has 0 radical (unpaired) electrons. The van der Waals surface area contributed by atoms with Crippen molar-refractivity contribution in [3.05, 3.63) is 56.4 Å². The van der Waals surface area contributed by atoms with Crippen LogP contribution in [0.4, 0.5) is 0 Å². The average Bonchev–Trinajstić information content (AvgIpc) is 3.07. The zero-order valence-electron chi connectivity index (χ0n) is 14.9. The Labute approximate surface area is 160 Å². The molecule has 1 N–H and O–H groups in total. The minimum absolute atomic E-state index is 0.0791. The number of hydrogen-bond donors (Lipinski definition) is 1. The van der Waals surface area contributed by atoms with Gasteiger partial charge in [0.25, 0.3) is 5.56 Å². The Balaban J connectivity index is 1.72. The molecular formula is C19H21ClN2O3S. The Morgan fingerprint density at radius 2 is 2.15 bits per heavy atom. The summed E-state index contributed by atoms with van der Waals surface area (Å²) in [6.45, 7) is 6.24. The molecule has 0 amide bonds. The van der Waals surface area contributed by atoms with Crippen LogP contribution in [0.5, 0.6) is 5.75 Å². The van der Waals surface area contributed by atoms with Crippen molar-refractivity contribution in [1.82, 2.24) is 9.55 Å². The standard InChI is InChI=1S/C19H21ClN2O3S/c1-11(2)14-7-15(20)12(3)6-17(14)25-9-13(23)8-22-10-21-16-4-5-26-18(16)19(22)24/h4-7,10-11,13,23H,8-9H2,1-3H3. The molecule has 3 rings (SSSR count). The second-order valence-corrected chi connectivity index (χ2v) is 7.92. The summed E-state index contributed by atoms with van der Waals surface area (Å²) >= 11 is 7.56. The van der Waals surface area contributed by atoms with E-state index in [1.165, 1.54) is 22.2 Å². The van der Waals surface area contributed by atoms with E-state index in [2.05, 4.69) is 18.8 Å². The minimum Gasteiger partial charge on any atom is -0.491 e. The summed E-state index contributed by atoms with van der Waals surface area (Å²) in [5.41, 5.74) is 2.45. The van der Waals surface area contributed by atoms with Crippen LogP contribution in [0.2, 0.25) is 5.02 Å². The van der Waals surface area contributed by atoms with Crippen LogP contribution in [0.1, 0.15) is 30.9 Å². The van der Waals surface area contributed by atoms with Gasteiger partial charge in [0.1, 0.15) is 23.2 Å². The minimum atomic E-state index is -0.831. The van der Waals surface area contributed by atoms with Crippen molar-refractivity contribution in [1.29, 1.82) is 0 Å². The van der Waals surface area contributed by atoms with Gasteiger partial charge in [0, 0.05) is 5.02 Å². The number of nitrogens with zero attached hydrogens (tertiary/aromatic N) is 2. The number of ether oxygens (including phenoxy) is 1. The summed E-state index contributed by atoms with van der Waals surface area (Å²) in [5, 5.41) is 12.9. The third-order valence-electron chi connectivity index (χ3n) is 4.19. The third kappa shape index (κ3) is 3.92. The summed E-state index contributed by atoms with van der Waals surface area (Å²) < 4.78 is 7.85. The van der Waals surface area contributed by atoms with E-state index in [4.69, 9.17) is 16.3 Å². The number of aliphatic hydroxyl groups excluding tert-OH is 1. The summed E-state index contributed by atoms with van der Waals surface area (Å²) in [6, 6.07) is 5.60. The number of rotatable bonds is 6. The number of benzene rings is 1. The van der Waals surface area contributed by atoms with Crippen LogP contribution >= 0.6 is 22.9 Å². The van der Waals surface area contributed by atoms with Gasteiger partial charge in [0.15, 0.2) is 0 Å². The van der Waals surface area contributed by atoms with Crippen LogP contribution in [-0.2, 0) is 6.54 Å². The SMILES string of the molecule is Cc1cc(OCC(O)Cn2cnc3ccsc3c2=O)c(C(C)C)cc1Cl. The van der Waals surface area contributed by atoms with E-state index >= 15 is 0 Å². The molecule has 26 heavy (non-hydrogen) atoms. The van der Waals surface area contributed by atoms with Gasteiger partial charge >= 0.3 is 0 Å². The zero-order chi connectivity index (χ0) is 18.8. The second kappa shape index (κ2) is 7.78. The van der Waals surface area contributed by atoms with E-state index in [0.29, 0.717) is 21.0 Å². The predicted molar refractivity (Wildman–Crippen MR) is 106 cm³/mol. The maximum Gasteiger partial charge on any atom is 0.271 e. The lowest BCUT2D eigenvalue weighted by Gasteiger charge is -2.18. The number of aliphatic hydroxyl groups is 1. The molecule has 7 heteroatoms. The molecule has 138 valence electrons. The van der Waals surface area contributed by atoms with Crippen molar-refractivity contribution < 1.29 is 9.84 Å². The Bertz CT molecular complexity index is 981. The fraction of sp³-hybridized carbons (Fsp3) is 0.368. The van der Waals surface area contributed by atoms with Crippen molar-refractivity contribution in [3.63, 3.8) is 0 Å². The smallest absolute Gasteiger partial charge is 0.271 e. The highest BCUT2D eigenvalue weighted by atomic mass is 35.5. The van der Waals surface area contributed by atoms with E-state index in [1.54, 1.807) is 0 Å². The molecule has 2 heterocycles. The van der Waals surface area contributed by atoms with E-state index < -0.39 is 6.10 Å². The van der Waals surface area contributed by atoms with Crippen LogP contribution in [0.3, 0.4) is 0 Å². The van der Waals surface area contributed by atoms with Crippen LogP contribution in [0.15, 0.2) is 34.7 Å². The van der Waals surface area contributed by atoms with Gasteiger partial charge in [0.05, 0.1) is 18.4 Å². The molecule has 0 aliphatic heterocycles. The maximum absolute atomic E-state index is 12.4. The van der Waals surface area contributed by atoms with Crippen LogP contribution in [-0.4, -0.2) is 27.4 Å². The molecule has 1 unspecified atom stereocenters. The van der Waals surface area contributed by atoms with Crippen molar-refractivity contribution >= 4 is 33.2 Å². The molecule has 1 atom stereocenters. The lowest BCUT2D eigenvalue weighted by Crippen LogP contribution is -2.30.